The topological polar surface area (TPSA) is 41.6 Å². The van der Waals surface area contributed by atoms with Crippen LogP contribution in [0.15, 0.2) is 42.5 Å². The Hall–Kier alpha value is -2.49. The molecule has 2 amide bonds. The fourth-order valence-electron chi connectivity index (χ4n) is 3.97. The molecule has 2 aliphatic rings. The lowest BCUT2D eigenvalue weighted by Gasteiger charge is -2.29. The molecule has 136 valence electrons. The minimum atomic E-state index is -0.0359. The lowest BCUT2D eigenvalue weighted by Crippen LogP contribution is -2.44. The van der Waals surface area contributed by atoms with Crippen LogP contribution in [0.2, 0.25) is 0 Å². The summed E-state index contributed by atoms with van der Waals surface area (Å²) in [7, 11) is 0. The molecule has 4 rings (SSSR count). The van der Waals surface area contributed by atoms with E-state index in [1.165, 1.54) is 36.0 Å². The molecular weight excluding hydrogens is 324 g/mol. The van der Waals surface area contributed by atoms with Gasteiger partial charge in [-0.05, 0) is 73.4 Å². The van der Waals surface area contributed by atoms with E-state index in [1.54, 1.807) is 0 Å². The molecule has 1 aliphatic carbocycles. The Morgan fingerprint density at radius 1 is 0.962 bits per heavy atom. The van der Waals surface area contributed by atoms with Gasteiger partial charge in [-0.2, -0.15) is 0 Å². The summed E-state index contributed by atoms with van der Waals surface area (Å²) in [5, 5.41) is 2.99. The van der Waals surface area contributed by atoms with Crippen LogP contribution in [0.5, 0.6) is 5.75 Å². The van der Waals surface area contributed by atoms with E-state index in [2.05, 4.69) is 23.5 Å². The van der Waals surface area contributed by atoms with Crippen LogP contribution < -0.4 is 15.0 Å². The van der Waals surface area contributed by atoms with Crippen LogP contribution in [0, 0.1) is 0 Å². The molecule has 0 bridgehead atoms. The number of hydrogen-bond donors (Lipinski definition) is 1. The smallest absolute Gasteiger partial charge is 0.321 e. The number of para-hydroxylation sites is 1. The molecule has 0 saturated heterocycles. The minimum absolute atomic E-state index is 0.0359. The van der Waals surface area contributed by atoms with Crippen molar-refractivity contribution in [2.75, 3.05) is 24.6 Å². The van der Waals surface area contributed by atoms with Gasteiger partial charge in [-0.15, -0.1) is 0 Å². The molecule has 1 aliphatic heterocycles. The third-order valence-corrected chi connectivity index (χ3v) is 5.32. The second-order valence-electron chi connectivity index (χ2n) is 7.10. The van der Waals surface area contributed by atoms with Gasteiger partial charge in [0, 0.05) is 12.2 Å². The molecule has 0 saturated carbocycles. The van der Waals surface area contributed by atoms with Crippen molar-refractivity contribution in [1.29, 1.82) is 0 Å². The zero-order chi connectivity index (χ0) is 17.8. The number of nitrogens with one attached hydrogen (secondary N) is 1. The third kappa shape index (κ3) is 3.69. The fourth-order valence-corrected chi connectivity index (χ4v) is 3.97. The van der Waals surface area contributed by atoms with E-state index >= 15 is 0 Å². The van der Waals surface area contributed by atoms with Crippen LogP contribution in [-0.4, -0.2) is 25.7 Å². The number of rotatable bonds is 4. The predicted molar refractivity (Wildman–Crippen MR) is 104 cm³/mol. The second-order valence-corrected chi connectivity index (χ2v) is 7.10. The summed E-state index contributed by atoms with van der Waals surface area (Å²) in [6.45, 7) is 1.77. The monoisotopic (exact) mass is 350 g/mol. The van der Waals surface area contributed by atoms with E-state index in [1.807, 2.05) is 29.2 Å². The quantitative estimate of drug-likeness (QED) is 0.843. The highest BCUT2D eigenvalue weighted by atomic mass is 16.5. The van der Waals surface area contributed by atoms with Crippen LogP contribution in [0.3, 0.4) is 0 Å². The molecule has 4 nitrogen and oxygen atoms in total. The van der Waals surface area contributed by atoms with Crippen molar-refractivity contribution in [3.8, 4) is 5.75 Å². The third-order valence-electron chi connectivity index (χ3n) is 5.32. The van der Waals surface area contributed by atoms with Gasteiger partial charge in [0.15, 0.2) is 0 Å². The summed E-state index contributed by atoms with van der Waals surface area (Å²) in [5.74, 6) is 0.906. The van der Waals surface area contributed by atoms with Crippen LogP contribution in [-0.2, 0) is 19.3 Å². The highest BCUT2D eigenvalue weighted by molar-refractivity contribution is 5.93. The molecule has 0 spiro atoms. The molecule has 2 aromatic rings. The number of benzene rings is 2. The lowest BCUT2D eigenvalue weighted by atomic mass is 9.92. The first-order chi connectivity index (χ1) is 12.8. The first-order valence-electron chi connectivity index (χ1n) is 9.69. The molecule has 1 heterocycles. The van der Waals surface area contributed by atoms with Gasteiger partial charge in [-0.1, -0.05) is 24.3 Å². The summed E-state index contributed by atoms with van der Waals surface area (Å²) >= 11 is 0. The van der Waals surface area contributed by atoms with Crippen molar-refractivity contribution in [2.24, 2.45) is 0 Å². The Labute approximate surface area is 155 Å². The number of carbonyl (C=O) groups excluding carboxylic acids is 1. The summed E-state index contributed by atoms with van der Waals surface area (Å²) in [5.41, 5.74) is 5.16. The maximum atomic E-state index is 12.5. The van der Waals surface area contributed by atoms with Gasteiger partial charge < -0.3 is 10.1 Å². The van der Waals surface area contributed by atoms with Crippen LogP contribution in [0.25, 0.3) is 0 Å². The largest absolute Gasteiger partial charge is 0.492 e. The number of urea groups is 1. The second kappa shape index (κ2) is 7.81. The first kappa shape index (κ1) is 17.0. The number of fused-ring (bicyclic) bond motifs is 2. The van der Waals surface area contributed by atoms with Gasteiger partial charge in [0.2, 0.25) is 0 Å². The summed E-state index contributed by atoms with van der Waals surface area (Å²) in [4.78, 5) is 14.4. The zero-order valence-electron chi connectivity index (χ0n) is 15.2. The molecule has 0 radical (unpaired) electrons. The van der Waals surface area contributed by atoms with E-state index in [0.717, 1.165) is 37.2 Å². The minimum Gasteiger partial charge on any atom is -0.492 e. The van der Waals surface area contributed by atoms with E-state index in [0.29, 0.717) is 13.2 Å². The molecule has 0 atom stereocenters. The summed E-state index contributed by atoms with van der Waals surface area (Å²) < 4.78 is 5.85. The van der Waals surface area contributed by atoms with E-state index in [4.69, 9.17) is 4.74 Å². The standard InChI is InChI=1S/C22H26N2O2/c25-22(24-14-5-9-18-7-3-4-10-21(18)24)23-13-15-26-20-12-11-17-6-1-2-8-19(17)16-20/h3-4,7,10-12,16H,1-2,5-6,8-9,13-15H2,(H,23,25). The summed E-state index contributed by atoms with van der Waals surface area (Å²) in [6, 6.07) is 14.5. The van der Waals surface area contributed by atoms with E-state index in [9.17, 15) is 4.79 Å². The number of nitrogens with zero attached hydrogens (tertiary/aromatic N) is 1. The van der Waals surface area contributed by atoms with E-state index < -0.39 is 0 Å². The Balaban J connectivity index is 1.28. The Bertz CT molecular complexity index is 787. The van der Waals surface area contributed by atoms with Gasteiger partial charge in [-0.3, -0.25) is 4.90 Å². The van der Waals surface area contributed by atoms with E-state index in [-0.39, 0.29) is 6.03 Å². The molecule has 26 heavy (non-hydrogen) atoms. The lowest BCUT2D eigenvalue weighted by molar-refractivity contribution is 0.241. The number of aryl methyl sites for hydroxylation is 3. The van der Waals surface area contributed by atoms with Gasteiger partial charge in [0.05, 0.1) is 6.54 Å². The van der Waals surface area contributed by atoms with Crippen molar-refractivity contribution < 1.29 is 9.53 Å². The molecule has 0 aromatic heterocycles. The van der Waals surface area contributed by atoms with Gasteiger partial charge in [0.25, 0.3) is 0 Å². The number of carbonyl (C=O) groups is 1. The zero-order valence-corrected chi connectivity index (χ0v) is 15.2. The molecule has 2 aromatic carbocycles. The predicted octanol–water partition coefficient (Wildman–Crippen LogP) is 4.11. The molecule has 1 N–H and O–H groups in total. The number of hydrogen-bond acceptors (Lipinski definition) is 2. The molecular formula is C22H26N2O2. The average molecular weight is 350 g/mol. The Morgan fingerprint density at radius 3 is 2.69 bits per heavy atom. The average Bonchev–Trinajstić information content (AvgIpc) is 2.70. The number of ether oxygens (including phenoxy) is 1. The van der Waals surface area contributed by atoms with Crippen molar-refractivity contribution in [2.45, 2.75) is 38.5 Å². The van der Waals surface area contributed by atoms with Gasteiger partial charge >= 0.3 is 6.03 Å². The van der Waals surface area contributed by atoms with Crippen LogP contribution in [0.1, 0.15) is 36.0 Å². The normalized spacial score (nSPS) is 15.8. The highest BCUT2D eigenvalue weighted by Crippen LogP contribution is 2.27. The first-order valence-corrected chi connectivity index (χ1v) is 9.69. The summed E-state index contributed by atoms with van der Waals surface area (Å²) in [6.07, 6.45) is 6.95. The molecule has 0 fully saturated rings. The SMILES string of the molecule is O=C(NCCOc1ccc2c(c1)CCCC2)N1CCCc2ccccc21. The molecule has 0 unspecified atom stereocenters. The van der Waals surface area contributed by atoms with Crippen LogP contribution >= 0.6 is 0 Å². The fraction of sp³-hybridized carbons (Fsp3) is 0.409. The Kier molecular flexibility index (Phi) is 5.09. The van der Waals surface area contributed by atoms with Crippen molar-refractivity contribution in [1.82, 2.24) is 5.32 Å². The van der Waals surface area contributed by atoms with Gasteiger partial charge in [0.1, 0.15) is 12.4 Å². The van der Waals surface area contributed by atoms with Crippen molar-refractivity contribution in [3.05, 3.63) is 59.2 Å². The number of amides is 2. The van der Waals surface area contributed by atoms with Crippen molar-refractivity contribution in [3.63, 3.8) is 0 Å². The maximum absolute atomic E-state index is 12.5. The Morgan fingerprint density at radius 2 is 1.77 bits per heavy atom. The van der Waals surface area contributed by atoms with Crippen molar-refractivity contribution >= 4 is 11.7 Å². The highest BCUT2D eigenvalue weighted by Gasteiger charge is 2.21. The van der Waals surface area contributed by atoms with Crippen LogP contribution in [0.4, 0.5) is 10.5 Å². The number of anilines is 1. The maximum Gasteiger partial charge on any atom is 0.321 e. The van der Waals surface area contributed by atoms with Gasteiger partial charge in [-0.25, -0.2) is 4.79 Å². The molecule has 4 heteroatoms.